The number of esters is 1. The molecule has 1 radical (unpaired) electrons. The van der Waals surface area contributed by atoms with Crippen LogP contribution in [0, 0.1) is 11.8 Å². The van der Waals surface area contributed by atoms with Crippen molar-refractivity contribution in [1.29, 1.82) is 0 Å². The average molecular weight is 218 g/mol. The Hall–Kier alpha value is 0.444. The summed E-state index contributed by atoms with van der Waals surface area (Å²) in [4.78, 5) is 10.5. The van der Waals surface area contributed by atoms with E-state index < -0.39 is 0 Å². The summed E-state index contributed by atoms with van der Waals surface area (Å²) in [6.07, 6.45) is 1.55. The first-order valence-electron chi connectivity index (χ1n) is 2.89. The van der Waals surface area contributed by atoms with Gasteiger partial charge in [-0.1, -0.05) is 20.8 Å². The van der Waals surface area contributed by atoms with Crippen molar-refractivity contribution in [3.05, 3.63) is 6.42 Å². The molecule has 0 atom stereocenters. The van der Waals surface area contributed by atoms with Crippen molar-refractivity contribution >= 4 is 5.97 Å². The number of carbonyl (C=O) groups is 1. The maximum absolute atomic E-state index is 10.5. The molecule has 0 amide bonds. The average Bonchev–Trinajstić information content (AvgIpc) is 1.62. The van der Waals surface area contributed by atoms with Crippen molar-refractivity contribution in [2.75, 3.05) is 7.11 Å². The Morgan fingerprint density at radius 2 is 1.80 bits per heavy atom. The molecule has 0 aliphatic heterocycles. The minimum Gasteiger partial charge on any atom is -0.491 e. The van der Waals surface area contributed by atoms with Gasteiger partial charge in [0.15, 0.2) is 5.97 Å². The molecule has 0 heterocycles. The molecule has 10 heavy (non-hydrogen) atoms. The van der Waals surface area contributed by atoms with E-state index in [0.717, 1.165) is 0 Å². The van der Waals surface area contributed by atoms with E-state index in [0.29, 0.717) is 0 Å². The second kappa shape index (κ2) is 5.14. The monoisotopic (exact) mass is 218 g/mol. The minimum absolute atomic E-state index is 0. The number of hydrogen-bond donors (Lipinski definition) is 0. The Kier molecular flexibility index (Phi) is 6.72. The van der Waals surface area contributed by atoms with Crippen molar-refractivity contribution in [2.45, 2.75) is 20.8 Å². The van der Waals surface area contributed by atoms with E-state index in [1.54, 1.807) is 6.42 Å². The maximum Gasteiger partial charge on any atom is 0.167 e. The standard InChI is InChI=1S/C7H13O2.Y/c1-7(2,3)5-6(8)9-4;/h5H,1-4H3;/q-1;. The van der Waals surface area contributed by atoms with Crippen LogP contribution in [0.5, 0.6) is 0 Å². The molecular formula is C7H13O2Y-. The quantitative estimate of drug-likeness (QED) is 0.491. The van der Waals surface area contributed by atoms with Crippen LogP contribution >= 0.6 is 0 Å². The zero-order valence-electron chi connectivity index (χ0n) is 6.97. The molecule has 0 N–H and O–H groups in total. The molecule has 3 heteroatoms. The molecule has 0 aromatic rings. The van der Waals surface area contributed by atoms with Gasteiger partial charge in [-0.3, -0.25) is 11.2 Å². The number of carbonyl (C=O) groups excluding carboxylic acids is 1. The van der Waals surface area contributed by atoms with Gasteiger partial charge in [0.25, 0.3) is 0 Å². The van der Waals surface area contributed by atoms with Crippen molar-refractivity contribution in [1.82, 2.24) is 0 Å². The van der Waals surface area contributed by atoms with Gasteiger partial charge in [0.1, 0.15) is 0 Å². The normalized spacial score (nSPS) is 9.60. The van der Waals surface area contributed by atoms with Crippen LogP contribution < -0.4 is 0 Å². The first-order valence-corrected chi connectivity index (χ1v) is 2.89. The second-order valence-corrected chi connectivity index (χ2v) is 3.03. The van der Waals surface area contributed by atoms with Crippen molar-refractivity contribution in [3.8, 4) is 0 Å². The van der Waals surface area contributed by atoms with Gasteiger partial charge >= 0.3 is 0 Å². The summed E-state index contributed by atoms with van der Waals surface area (Å²) in [5, 5.41) is 0. The van der Waals surface area contributed by atoms with Crippen LogP contribution in [0.25, 0.3) is 0 Å². The molecule has 0 bridgehead atoms. The number of rotatable bonds is 1. The molecule has 0 saturated carbocycles. The number of hydrogen-bond acceptors (Lipinski definition) is 2. The topological polar surface area (TPSA) is 26.3 Å². The van der Waals surface area contributed by atoms with E-state index in [4.69, 9.17) is 0 Å². The molecule has 0 aromatic carbocycles. The van der Waals surface area contributed by atoms with Crippen LogP contribution in [-0.2, 0) is 42.2 Å². The first kappa shape index (κ1) is 13.1. The van der Waals surface area contributed by atoms with Crippen LogP contribution in [0.1, 0.15) is 20.8 Å². The summed E-state index contributed by atoms with van der Waals surface area (Å²) < 4.78 is 4.43. The van der Waals surface area contributed by atoms with E-state index in [9.17, 15) is 4.79 Å². The molecule has 2 nitrogen and oxygen atoms in total. The second-order valence-electron chi connectivity index (χ2n) is 3.03. The Morgan fingerprint density at radius 3 is 1.90 bits per heavy atom. The van der Waals surface area contributed by atoms with Gasteiger partial charge in [-0.05, 0) is 0 Å². The minimum atomic E-state index is -0.262. The Labute approximate surface area is 87.6 Å². The Morgan fingerprint density at radius 1 is 1.40 bits per heavy atom. The van der Waals surface area contributed by atoms with Gasteiger partial charge in [-0.15, -0.1) is 5.41 Å². The van der Waals surface area contributed by atoms with Crippen LogP contribution in [0.4, 0.5) is 0 Å². The molecule has 0 aliphatic rings. The third kappa shape index (κ3) is 8.44. The fourth-order valence-corrected chi connectivity index (χ4v) is 0.412. The molecule has 0 saturated heterocycles. The van der Waals surface area contributed by atoms with Gasteiger partial charge in [0.05, 0.1) is 7.11 Å². The molecule has 0 rings (SSSR count). The zero-order chi connectivity index (χ0) is 7.49. The molecule has 0 aliphatic carbocycles. The predicted molar refractivity (Wildman–Crippen MR) is 35.8 cm³/mol. The van der Waals surface area contributed by atoms with E-state index in [1.165, 1.54) is 7.11 Å². The predicted octanol–water partition coefficient (Wildman–Crippen LogP) is 1.41. The summed E-state index contributed by atoms with van der Waals surface area (Å²) in [6.45, 7) is 5.84. The Bertz CT molecular complexity index is 105. The third-order valence-electron chi connectivity index (χ3n) is 0.752. The zero-order valence-corrected chi connectivity index (χ0v) is 9.81. The summed E-state index contributed by atoms with van der Waals surface area (Å²) >= 11 is 0. The van der Waals surface area contributed by atoms with E-state index >= 15 is 0 Å². The fourth-order valence-electron chi connectivity index (χ4n) is 0.412. The smallest absolute Gasteiger partial charge is 0.167 e. The van der Waals surface area contributed by atoms with Gasteiger partial charge < -0.3 is 4.74 Å². The van der Waals surface area contributed by atoms with Gasteiger partial charge in [-0.2, -0.15) is 0 Å². The molecule has 0 unspecified atom stereocenters. The van der Waals surface area contributed by atoms with Crippen LogP contribution in [0.2, 0.25) is 0 Å². The summed E-state index contributed by atoms with van der Waals surface area (Å²) in [6, 6.07) is 0. The number of methoxy groups -OCH3 is 1. The van der Waals surface area contributed by atoms with Gasteiger partial charge in [-0.25, -0.2) is 0 Å². The van der Waals surface area contributed by atoms with Crippen LogP contribution in [-0.4, -0.2) is 13.1 Å². The SMILES string of the molecule is COC(=O)[CH-]C(C)(C)C.[Y]. The van der Waals surface area contributed by atoms with Crippen molar-refractivity contribution in [3.63, 3.8) is 0 Å². The van der Waals surface area contributed by atoms with Crippen LogP contribution in [0.3, 0.4) is 0 Å². The maximum atomic E-state index is 10.5. The third-order valence-corrected chi connectivity index (χ3v) is 0.752. The van der Waals surface area contributed by atoms with E-state index in [1.807, 2.05) is 20.8 Å². The van der Waals surface area contributed by atoms with E-state index in [2.05, 4.69) is 4.74 Å². The molecule has 0 aromatic heterocycles. The fraction of sp³-hybridized carbons (Fsp3) is 0.714. The van der Waals surface area contributed by atoms with Crippen molar-refractivity contribution in [2.24, 2.45) is 5.41 Å². The molecule has 0 fully saturated rings. The molecule has 57 valence electrons. The summed E-state index contributed by atoms with van der Waals surface area (Å²) in [5.41, 5.74) is -0.0763. The Balaban J connectivity index is 0. The van der Waals surface area contributed by atoms with Gasteiger partial charge in [0, 0.05) is 32.7 Å². The summed E-state index contributed by atoms with van der Waals surface area (Å²) in [7, 11) is 1.38. The molecular weight excluding hydrogens is 205 g/mol. The number of ether oxygens (including phenoxy) is 1. The van der Waals surface area contributed by atoms with Crippen LogP contribution in [0.15, 0.2) is 0 Å². The van der Waals surface area contributed by atoms with Crippen molar-refractivity contribution < 1.29 is 42.2 Å². The largest absolute Gasteiger partial charge is 0.491 e. The summed E-state index contributed by atoms with van der Waals surface area (Å²) in [5.74, 6) is -0.262. The van der Waals surface area contributed by atoms with Gasteiger partial charge in [0.2, 0.25) is 0 Å². The first-order chi connectivity index (χ1) is 3.95. The molecule has 0 spiro atoms. The van der Waals surface area contributed by atoms with E-state index in [-0.39, 0.29) is 44.1 Å².